The fourth-order valence-corrected chi connectivity index (χ4v) is 3.06. The number of rotatable bonds is 3. The van der Waals surface area contributed by atoms with Gasteiger partial charge in [-0.15, -0.1) is 0 Å². The molecule has 1 aromatic carbocycles. The topological polar surface area (TPSA) is 39.2 Å². The van der Waals surface area contributed by atoms with Crippen LogP contribution in [0, 0.1) is 0 Å². The van der Waals surface area contributed by atoms with E-state index in [0.29, 0.717) is 23.0 Å². The number of halogens is 5. The Morgan fingerprint density at radius 1 is 1.00 bits per heavy atom. The molecule has 0 N–H and O–H groups in total. The molecule has 0 spiro atoms. The molecule has 0 amide bonds. The van der Waals surface area contributed by atoms with Crippen molar-refractivity contribution in [3.05, 3.63) is 42.9 Å². The van der Waals surface area contributed by atoms with E-state index in [2.05, 4.69) is 4.98 Å². The van der Waals surface area contributed by atoms with Crippen LogP contribution in [0.4, 0.5) is 0 Å². The van der Waals surface area contributed by atoms with Crippen molar-refractivity contribution < 1.29 is 9.53 Å². The van der Waals surface area contributed by atoms with E-state index in [0.717, 1.165) is 0 Å². The Morgan fingerprint density at radius 3 is 2.00 bits per heavy atom. The first-order valence-corrected chi connectivity index (χ1v) is 7.32. The monoisotopic (exact) mass is 383 g/mol. The van der Waals surface area contributed by atoms with Crippen LogP contribution in [0.5, 0.6) is 5.88 Å². The predicted octanol–water partition coefficient (Wildman–Crippen LogP) is 5.84. The molecule has 0 saturated heterocycles. The average molecular weight is 385 g/mol. The third kappa shape index (κ3) is 2.94. The standard InChI is InChI=1S/C13H6Cl5NO2/c1-21-13-6(2-5(4-20)3-19-13)7-8(14)10(16)12(18)11(17)9(7)15/h2-4H,1H3. The maximum Gasteiger partial charge on any atom is 0.221 e. The maximum atomic E-state index is 10.9. The lowest BCUT2D eigenvalue weighted by atomic mass is 10.1. The number of benzene rings is 1. The van der Waals surface area contributed by atoms with Gasteiger partial charge in [0.15, 0.2) is 6.29 Å². The Morgan fingerprint density at radius 2 is 1.52 bits per heavy atom. The van der Waals surface area contributed by atoms with Gasteiger partial charge in [0, 0.05) is 22.9 Å². The molecule has 1 aromatic heterocycles. The van der Waals surface area contributed by atoms with Crippen LogP contribution in [0.3, 0.4) is 0 Å². The summed E-state index contributed by atoms with van der Waals surface area (Å²) in [5, 5.41) is 0.358. The molecule has 21 heavy (non-hydrogen) atoms. The highest BCUT2D eigenvalue weighted by molar-refractivity contribution is 6.56. The Bertz CT molecular complexity index is 704. The molecule has 0 aliphatic heterocycles. The molecule has 110 valence electrons. The zero-order valence-corrected chi connectivity index (χ0v) is 14.2. The summed E-state index contributed by atoms with van der Waals surface area (Å²) in [5.41, 5.74) is 1.00. The summed E-state index contributed by atoms with van der Waals surface area (Å²) in [6.45, 7) is 0. The maximum absolute atomic E-state index is 10.9. The molecule has 0 atom stereocenters. The normalized spacial score (nSPS) is 10.6. The number of pyridine rings is 1. The van der Waals surface area contributed by atoms with Gasteiger partial charge < -0.3 is 4.74 Å². The van der Waals surface area contributed by atoms with Crippen LogP contribution in [0.2, 0.25) is 25.1 Å². The van der Waals surface area contributed by atoms with Gasteiger partial charge in [-0.2, -0.15) is 0 Å². The highest BCUT2D eigenvalue weighted by Crippen LogP contribution is 2.49. The molecule has 0 aliphatic rings. The summed E-state index contributed by atoms with van der Waals surface area (Å²) in [7, 11) is 1.42. The van der Waals surface area contributed by atoms with Gasteiger partial charge in [0.1, 0.15) is 0 Å². The van der Waals surface area contributed by atoms with Crippen LogP contribution in [-0.4, -0.2) is 18.4 Å². The van der Waals surface area contributed by atoms with Crippen LogP contribution in [0.1, 0.15) is 10.4 Å². The van der Waals surface area contributed by atoms with Crippen molar-refractivity contribution in [1.82, 2.24) is 4.98 Å². The van der Waals surface area contributed by atoms with Crippen LogP contribution in [0.25, 0.3) is 11.1 Å². The van der Waals surface area contributed by atoms with E-state index >= 15 is 0 Å². The van der Waals surface area contributed by atoms with E-state index < -0.39 is 0 Å². The van der Waals surface area contributed by atoms with Crippen LogP contribution in [0.15, 0.2) is 12.3 Å². The second-order valence-electron chi connectivity index (χ2n) is 3.89. The van der Waals surface area contributed by atoms with E-state index in [1.54, 1.807) is 0 Å². The number of hydrogen-bond acceptors (Lipinski definition) is 3. The lowest BCUT2D eigenvalue weighted by Crippen LogP contribution is -1.96. The minimum absolute atomic E-state index is 0.0514. The summed E-state index contributed by atoms with van der Waals surface area (Å²) in [6, 6.07) is 1.52. The van der Waals surface area contributed by atoms with Crippen LogP contribution in [-0.2, 0) is 0 Å². The smallest absolute Gasteiger partial charge is 0.221 e. The summed E-state index contributed by atoms with van der Waals surface area (Å²) >= 11 is 30.4. The van der Waals surface area contributed by atoms with Crippen molar-refractivity contribution in [3.8, 4) is 17.0 Å². The van der Waals surface area contributed by atoms with Gasteiger partial charge in [-0.1, -0.05) is 58.0 Å². The zero-order chi connectivity index (χ0) is 15.7. The van der Waals surface area contributed by atoms with Crippen molar-refractivity contribution in [2.24, 2.45) is 0 Å². The molecular weight excluding hydrogens is 379 g/mol. The summed E-state index contributed by atoms with van der Waals surface area (Å²) in [5.74, 6) is 0.221. The molecule has 0 fully saturated rings. The predicted molar refractivity (Wildman–Crippen MR) is 86.7 cm³/mol. The first kappa shape index (κ1) is 16.7. The number of nitrogens with zero attached hydrogens (tertiary/aromatic N) is 1. The van der Waals surface area contributed by atoms with Gasteiger partial charge in [-0.3, -0.25) is 4.79 Å². The Balaban J connectivity index is 2.87. The largest absolute Gasteiger partial charge is 0.481 e. The Labute approximate surface area is 145 Å². The Hall–Kier alpha value is -0.710. The quantitative estimate of drug-likeness (QED) is 0.379. The highest BCUT2D eigenvalue weighted by Gasteiger charge is 2.23. The van der Waals surface area contributed by atoms with E-state index in [1.807, 2.05) is 0 Å². The number of methoxy groups -OCH3 is 1. The Kier molecular flexibility index (Phi) is 5.23. The average Bonchev–Trinajstić information content (AvgIpc) is 2.51. The number of aldehydes is 1. The zero-order valence-electron chi connectivity index (χ0n) is 10.4. The van der Waals surface area contributed by atoms with Gasteiger partial charge in [0.25, 0.3) is 0 Å². The minimum atomic E-state index is 0.0514. The fourth-order valence-electron chi connectivity index (χ4n) is 1.72. The summed E-state index contributed by atoms with van der Waals surface area (Å²) < 4.78 is 5.16. The molecule has 2 rings (SSSR count). The molecule has 2 aromatic rings. The molecular formula is C13H6Cl5NO2. The van der Waals surface area contributed by atoms with Gasteiger partial charge in [-0.25, -0.2) is 4.98 Å². The molecule has 1 heterocycles. The third-order valence-corrected chi connectivity index (χ3v) is 4.96. The van der Waals surface area contributed by atoms with E-state index in [1.165, 1.54) is 19.4 Å². The second-order valence-corrected chi connectivity index (χ2v) is 5.78. The molecule has 3 nitrogen and oxygen atoms in total. The van der Waals surface area contributed by atoms with Gasteiger partial charge >= 0.3 is 0 Å². The molecule has 0 bridgehead atoms. The van der Waals surface area contributed by atoms with Crippen LogP contribution < -0.4 is 4.74 Å². The number of ether oxygens (including phenoxy) is 1. The highest BCUT2D eigenvalue weighted by atomic mass is 35.5. The molecule has 0 saturated carbocycles. The number of aromatic nitrogens is 1. The van der Waals surface area contributed by atoms with E-state index in [9.17, 15) is 4.79 Å². The minimum Gasteiger partial charge on any atom is -0.481 e. The second kappa shape index (κ2) is 6.59. The van der Waals surface area contributed by atoms with Crippen molar-refractivity contribution in [3.63, 3.8) is 0 Å². The lowest BCUT2D eigenvalue weighted by Gasteiger charge is -2.14. The van der Waals surface area contributed by atoms with Gasteiger partial charge in [0.2, 0.25) is 5.88 Å². The van der Waals surface area contributed by atoms with Gasteiger partial charge in [-0.05, 0) is 6.07 Å². The van der Waals surface area contributed by atoms with Gasteiger partial charge in [0.05, 0.1) is 32.2 Å². The van der Waals surface area contributed by atoms with E-state index in [4.69, 9.17) is 62.7 Å². The molecule has 8 heteroatoms. The fraction of sp³-hybridized carbons (Fsp3) is 0.0769. The van der Waals surface area contributed by atoms with Crippen molar-refractivity contribution in [2.75, 3.05) is 7.11 Å². The first-order valence-electron chi connectivity index (χ1n) is 5.43. The molecule has 0 aliphatic carbocycles. The molecule has 0 radical (unpaired) electrons. The first-order chi connectivity index (χ1) is 9.92. The number of carbonyl (C=O) groups excluding carboxylic acids is 1. The van der Waals surface area contributed by atoms with Crippen molar-refractivity contribution >= 4 is 64.3 Å². The summed E-state index contributed by atoms with van der Waals surface area (Å²) in [4.78, 5) is 14.9. The van der Waals surface area contributed by atoms with E-state index in [-0.39, 0.29) is 31.0 Å². The number of carbonyl (C=O) groups is 1. The third-order valence-electron chi connectivity index (χ3n) is 2.68. The van der Waals surface area contributed by atoms with Crippen molar-refractivity contribution in [2.45, 2.75) is 0 Å². The SMILES string of the molecule is COc1ncc(C=O)cc1-c1c(Cl)c(Cl)c(Cl)c(Cl)c1Cl. The van der Waals surface area contributed by atoms with Crippen molar-refractivity contribution in [1.29, 1.82) is 0 Å². The lowest BCUT2D eigenvalue weighted by molar-refractivity contribution is 0.112. The van der Waals surface area contributed by atoms with Crippen LogP contribution >= 0.6 is 58.0 Å². The molecule has 0 unspecified atom stereocenters. The summed E-state index contributed by atoms with van der Waals surface area (Å²) in [6.07, 6.45) is 1.99. The number of hydrogen-bond donors (Lipinski definition) is 0.